The maximum absolute atomic E-state index is 11.9. The molecular formula is C21H17N3O6. The zero-order valence-corrected chi connectivity index (χ0v) is 15.6. The molecular weight excluding hydrogens is 390 g/mol. The molecule has 0 unspecified atom stereocenters. The fourth-order valence-corrected chi connectivity index (χ4v) is 2.85. The van der Waals surface area contributed by atoms with Crippen molar-refractivity contribution in [2.24, 2.45) is 5.10 Å². The first-order valence-electron chi connectivity index (χ1n) is 8.98. The number of carboxylic acids is 1. The molecule has 1 amide bonds. The van der Waals surface area contributed by atoms with Gasteiger partial charge in [0.05, 0.1) is 18.3 Å². The van der Waals surface area contributed by atoms with E-state index in [4.69, 9.17) is 13.9 Å². The number of anilines is 1. The standard InChI is InChI=1S/C21H17N3O6/c25-20(11-22-13-5-7-18-19(9-13)29-12-28-18)24-23-10-14-6-8-17(30-14)15-3-1-2-4-16(15)21(26)27/h1-10,22H,11-12H2,(H,24,25)(H,26,27)/b23-10-. The van der Waals surface area contributed by atoms with E-state index >= 15 is 0 Å². The zero-order valence-electron chi connectivity index (χ0n) is 15.6. The number of aromatic carboxylic acids is 1. The van der Waals surface area contributed by atoms with Crippen molar-refractivity contribution in [3.8, 4) is 22.8 Å². The second kappa shape index (κ2) is 8.39. The van der Waals surface area contributed by atoms with Crippen LogP contribution in [-0.2, 0) is 4.79 Å². The first-order valence-corrected chi connectivity index (χ1v) is 8.98. The fourth-order valence-electron chi connectivity index (χ4n) is 2.85. The Hall–Kier alpha value is -4.27. The molecule has 0 aliphatic carbocycles. The number of benzene rings is 2. The number of hydrazone groups is 1. The van der Waals surface area contributed by atoms with Gasteiger partial charge < -0.3 is 24.3 Å². The highest BCUT2D eigenvalue weighted by atomic mass is 16.7. The molecule has 0 bridgehead atoms. The summed E-state index contributed by atoms with van der Waals surface area (Å²) in [5, 5.41) is 16.1. The van der Waals surface area contributed by atoms with Gasteiger partial charge in [0, 0.05) is 17.3 Å². The molecule has 1 aliphatic heterocycles. The Morgan fingerprint density at radius 3 is 2.77 bits per heavy atom. The van der Waals surface area contributed by atoms with Gasteiger partial charge in [-0.15, -0.1) is 0 Å². The quantitative estimate of drug-likeness (QED) is 0.406. The second-order valence-corrected chi connectivity index (χ2v) is 6.27. The first kappa shape index (κ1) is 19.1. The van der Waals surface area contributed by atoms with E-state index in [1.54, 1.807) is 48.5 Å². The monoisotopic (exact) mass is 407 g/mol. The van der Waals surface area contributed by atoms with E-state index in [0.29, 0.717) is 34.3 Å². The van der Waals surface area contributed by atoms with Gasteiger partial charge in [0.25, 0.3) is 5.91 Å². The highest BCUT2D eigenvalue weighted by Gasteiger charge is 2.14. The highest BCUT2D eigenvalue weighted by Crippen LogP contribution is 2.34. The summed E-state index contributed by atoms with van der Waals surface area (Å²) in [6.07, 6.45) is 1.34. The van der Waals surface area contributed by atoms with Gasteiger partial charge in [-0.25, -0.2) is 10.2 Å². The molecule has 0 saturated heterocycles. The Kier molecular flexibility index (Phi) is 5.33. The lowest BCUT2D eigenvalue weighted by atomic mass is 10.1. The van der Waals surface area contributed by atoms with Gasteiger partial charge in [-0.3, -0.25) is 4.79 Å². The molecule has 152 valence electrons. The van der Waals surface area contributed by atoms with Crippen LogP contribution in [0.1, 0.15) is 16.1 Å². The van der Waals surface area contributed by atoms with Gasteiger partial charge in [-0.2, -0.15) is 5.10 Å². The van der Waals surface area contributed by atoms with E-state index in [1.807, 2.05) is 0 Å². The molecule has 3 N–H and O–H groups in total. The molecule has 0 spiro atoms. The third kappa shape index (κ3) is 4.25. The molecule has 1 aliphatic rings. The van der Waals surface area contributed by atoms with E-state index in [9.17, 15) is 14.7 Å². The van der Waals surface area contributed by atoms with Crippen LogP contribution in [0.2, 0.25) is 0 Å². The minimum Gasteiger partial charge on any atom is -0.478 e. The van der Waals surface area contributed by atoms with Gasteiger partial charge in [0.1, 0.15) is 11.5 Å². The number of amides is 1. The number of carbonyl (C=O) groups is 2. The topological polar surface area (TPSA) is 122 Å². The SMILES string of the molecule is O=C(CNc1ccc2c(c1)OCO2)N/N=C\c1ccc(-c2ccccc2C(=O)O)o1. The lowest BCUT2D eigenvalue weighted by Gasteiger charge is -2.06. The van der Waals surface area contributed by atoms with Crippen LogP contribution < -0.4 is 20.2 Å². The first-order chi connectivity index (χ1) is 14.6. The van der Waals surface area contributed by atoms with E-state index in [2.05, 4.69) is 15.8 Å². The van der Waals surface area contributed by atoms with Crippen LogP contribution in [0.4, 0.5) is 5.69 Å². The lowest BCUT2D eigenvalue weighted by Crippen LogP contribution is -2.25. The predicted octanol–water partition coefficient (Wildman–Crippen LogP) is 2.94. The summed E-state index contributed by atoms with van der Waals surface area (Å²) in [6.45, 7) is 0.191. The Bertz CT molecular complexity index is 1120. The van der Waals surface area contributed by atoms with Gasteiger partial charge in [-0.05, 0) is 30.3 Å². The number of furan rings is 1. The van der Waals surface area contributed by atoms with Crippen LogP contribution in [0, 0.1) is 0 Å². The molecule has 2 heterocycles. The molecule has 0 radical (unpaired) electrons. The second-order valence-electron chi connectivity index (χ2n) is 6.27. The van der Waals surface area contributed by atoms with E-state index in [-0.39, 0.29) is 24.8 Å². The maximum atomic E-state index is 11.9. The maximum Gasteiger partial charge on any atom is 0.336 e. The Morgan fingerprint density at radius 1 is 1.07 bits per heavy atom. The summed E-state index contributed by atoms with van der Waals surface area (Å²) in [5.41, 5.74) is 3.70. The molecule has 1 aromatic heterocycles. The van der Waals surface area contributed by atoms with Crippen LogP contribution >= 0.6 is 0 Å². The van der Waals surface area contributed by atoms with E-state index in [0.717, 1.165) is 0 Å². The molecule has 0 saturated carbocycles. The van der Waals surface area contributed by atoms with Gasteiger partial charge in [-0.1, -0.05) is 18.2 Å². The number of nitrogens with one attached hydrogen (secondary N) is 2. The van der Waals surface area contributed by atoms with Gasteiger partial charge >= 0.3 is 5.97 Å². The van der Waals surface area contributed by atoms with Gasteiger partial charge in [0.15, 0.2) is 11.5 Å². The predicted molar refractivity (Wildman–Crippen MR) is 108 cm³/mol. The largest absolute Gasteiger partial charge is 0.478 e. The summed E-state index contributed by atoms with van der Waals surface area (Å²) in [6, 6.07) is 15.1. The minimum absolute atomic E-state index is 0.00632. The number of carboxylic acid groups (broad SMARTS) is 1. The van der Waals surface area contributed by atoms with Crippen LogP contribution in [-0.4, -0.2) is 36.5 Å². The molecule has 3 aromatic rings. The van der Waals surface area contributed by atoms with Crippen LogP contribution in [0.3, 0.4) is 0 Å². The van der Waals surface area contributed by atoms with Crippen LogP contribution in [0.5, 0.6) is 11.5 Å². The molecule has 0 atom stereocenters. The number of hydrogen-bond acceptors (Lipinski definition) is 7. The van der Waals surface area contributed by atoms with E-state index in [1.165, 1.54) is 12.3 Å². The number of fused-ring (bicyclic) bond motifs is 1. The molecule has 0 fully saturated rings. The normalized spacial score (nSPS) is 12.1. The minimum atomic E-state index is -1.04. The van der Waals surface area contributed by atoms with Crippen molar-refractivity contribution < 1.29 is 28.6 Å². The van der Waals surface area contributed by atoms with Crippen molar-refractivity contribution in [1.82, 2.24) is 5.43 Å². The van der Waals surface area contributed by atoms with Crippen molar-refractivity contribution >= 4 is 23.8 Å². The summed E-state index contributed by atoms with van der Waals surface area (Å²) in [4.78, 5) is 23.3. The van der Waals surface area contributed by atoms with Crippen molar-refractivity contribution in [2.45, 2.75) is 0 Å². The lowest BCUT2D eigenvalue weighted by molar-refractivity contribution is -0.119. The van der Waals surface area contributed by atoms with Crippen molar-refractivity contribution in [3.05, 3.63) is 65.9 Å². The highest BCUT2D eigenvalue weighted by molar-refractivity contribution is 5.95. The van der Waals surface area contributed by atoms with Crippen molar-refractivity contribution in [2.75, 3.05) is 18.7 Å². The summed E-state index contributed by atoms with van der Waals surface area (Å²) in [5.74, 6) is 0.653. The summed E-state index contributed by atoms with van der Waals surface area (Å²) >= 11 is 0. The molecule has 9 heteroatoms. The number of rotatable bonds is 7. The summed E-state index contributed by atoms with van der Waals surface area (Å²) < 4.78 is 16.1. The molecule has 2 aromatic carbocycles. The van der Waals surface area contributed by atoms with Crippen molar-refractivity contribution in [1.29, 1.82) is 0 Å². The van der Waals surface area contributed by atoms with Gasteiger partial charge in [0.2, 0.25) is 6.79 Å². The fraction of sp³-hybridized carbons (Fsp3) is 0.0952. The number of carbonyl (C=O) groups excluding carboxylic acids is 1. The molecule has 4 rings (SSSR count). The van der Waals surface area contributed by atoms with Crippen LogP contribution in [0.15, 0.2) is 64.1 Å². The average molecular weight is 407 g/mol. The zero-order chi connectivity index (χ0) is 20.9. The van der Waals surface area contributed by atoms with E-state index < -0.39 is 5.97 Å². The average Bonchev–Trinajstić information content (AvgIpc) is 3.41. The third-order valence-corrected chi connectivity index (χ3v) is 4.26. The summed E-state index contributed by atoms with van der Waals surface area (Å²) in [7, 11) is 0. The molecule has 30 heavy (non-hydrogen) atoms. The van der Waals surface area contributed by atoms with Crippen molar-refractivity contribution in [3.63, 3.8) is 0 Å². The number of nitrogens with zero attached hydrogens (tertiary/aromatic N) is 1. The molecule has 9 nitrogen and oxygen atoms in total. The third-order valence-electron chi connectivity index (χ3n) is 4.26. The Morgan fingerprint density at radius 2 is 1.90 bits per heavy atom. The number of ether oxygens (including phenoxy) is 2. The smallest absolute Gasteiger partial charge is 0.336 e. The number of hydrogen-bond donors (Lipinski definition) is 3. The van der Waals surface area contributed by atoms with Crippen LogP contribution in [0.25, 0.3) is 11.3 Å². The Balaban J connectivity index is 1.32. The Labute approximate surface area is 170 Å².